The fraction of sp³-hybridized carbons (Fsp3) is 0.333. The van der Waals surface area contributed by atoms with Gasteiger partial charge in [0.25, 0.3) is 0 Å². The number of rotatable bonds is 10. The van der Waals surface area contributed by atoms with Crippen LogP contribution in [0.15, 0.2) is 35.6 Å². The highest BCUT2D eigenvalue weighted by Crippen LogP contribution is 2.28. The number of thioether (sulfide) groups is 1. The second kappa shape index (κ2) is 10.0. The van der Waals surface area contributed by atoms with E-state index in [4.69, 9.17) is 20.6 Å². The highest BCUT2D eigenvalue weighted by Gasteiger charge is 2.10. The predicted octanol–water partition coefficient (Wildman–Crippen LogP) is 3.99. The maximum atomic E-state index is 5.84. The molecule has 6 nitrogen and oxygen atoms in total. The van der Waals surface area contributed by atoms with E-state index in [1.165, 1.54) is 0 Å². The molecule has 0 aliphatic rings. The summed E-state index contributed by atoms with van der Waals surface area (Å²) >= 11 is 1.60. The van der Waals surface area contributed by atoms with E-state index in [0.29, 0.717) is 19.0 Å². The van der Waals surface area contributed by atoms with Gasteiger partial charge in [-0.05, 0) is 25.1 Å². The van der Waals surface area contributed by atoms with Crippen molar-refractivity contribution in [3.63, 3.8) is 0 Å². The van der Waals surface area contributed by atoms with E-state index in [1.54, 1.807) is 25.1 Å². The third-order valence-corrected chi connectivity index (χ3v) is 4.99. The van der Waals surface area contributed by atoms with Crippen LogP contribution in [0.1, 0.15) is 17.7 Å². The Morgan fingerprint density at radius 3 is 2.93 bits per heavy atom. The lowest BCUT2D eigenvalue weighted by Crippen LogP contribution is -2.04. The van der Waals surface area contributed by atoms with Crippen LogP contribution >= 0.6 is 11.8 Å². The zero-order valence-electron chi connectivity index (χ0n) is 16.0. The van der Waals surface area contributed by atoms with Gasteiger partial charge in [-0.1, -0.05) is 17.7 Å². The molecule has 2 heterocycles. The number of nitrogens with zero attached hydrogens (tertiary/aromatic N) is 2. The Hall–Kier alpha value is -2.69. The molecule has 1 aromatic carbocycles. The van der Waals surface area contributed by atoms with E-state index < -0.39 is 0 Å². The van der Waals surface area contributed by atoms with Crippen LogP contribution in [0.25, 0.3) is 11.0 Å². The van der Waals surface area contributed by atoms with Crippen molar-refractivity contribution in [3.05, 3.63) is 41.7 Å². The average Bonchev–Trinajstić information content (AvgIpc) is 3.12. The van der Waals surface area contributed by atoms with Gasteiger partial charge in [0, 0.05) is 43.7 Å². The summed E-state index contributed by atoms with van der Waals surface area (Å²) in [5.41, 5.74) is 3.83. The first-order chi connectivity index (χ1) is 13.7. The first kappa shape index (κ1) is 20.1. The summed E-state index contributed by atoms with van der Waals surface area (Å²) in [5, 5.41) is 0.830. The quantitative estimate of drug-likeness (QED) is 0.317. The van der Waals surface area contributed by atoms with E-state index in [-0.39, 0.29) is 6.61 Å². The molecule has 0 bridgehead atoms. The van der Waals surface area contributed by atoms with Crippen molar-refractivity contribution in [2.45, 2.75) is 24.3 Å². The summed E-state index contributed by atoms with van der Waals surface area (Å²) in [6, 6.07) is 7.59. The number of ether oxygens (including phenoxy) is 3. The number of imidazole rings is 1. The first-order valence-electron chi connectivity index (χ1n) is 8.96. The lowest BCUT2D eigenvalue weighted by atomic mass is 10.2. The van der Waals surface area contributed by atoms with Gasteiger partial charge in [0.1, 0.15) is 18.1 Å². The van der Waals surface area contributed by atoms with E-state index in [1.807, 2.05) is 31.2 Å². The number of terminal acetylenes is 1. The minimum Gasteiger partial charge on any atom is -0.493 e. The minimum atomic E-state index is 0.246. The monoisotopic (exact) mass is 397 g/mol. The molecule has 7 heteroatoms. The van der Waals surface area contributed by atoms with Crippen LogP contribution in [0.2, 0.25) is 0 Å². The molecule has 28 heavy (non-hydrogen) atoms. The molecule has 0 aliphatic heterocycles. The average molecular weight is 398 g/mol. The number of hydrogen-bond donors (Lipinski definition) is 1. The lowest BCUT2D eigenvalue weighted by molar-refractivity contribution is 0.172. The largest absolute Gasteiger partial charge is 0.493 e. The van der Waals surface area contributed by atoms with E-state index >= 15 is 0 Å². The SMILES string of the molecule is C#CCOc1ccc2nc(SCc3nccc(OCCCOC)c3C)[nH]c2c1. The fourth-order valence-corrected chi connectivity index (χ4v) is 3.54. The Kier molecular flexibility index (Phi) is 7.18. The van der Waals surface area contributed by atoms with Gasteiger partial charge in [-0.15, -0.1) is 6.42 Å². The van der Waals surface area contributed by atoms with Crippen LogP contribution < -0.4 is 9.47 Å². The number of H-pyrrole nitrogens is 1. The number of aromatic amines is 1. The number of methoxy groups -OCH3 is 1. The van der Waals surface area contributed by atoms with Gasteiger partial charge in [-0.3, -0.25) is 4.98 Å². The van der Waals surface area contributed by atoms with Crippen LogP contribution in [0.3, 0.4) is 0 Å². The molecule has 0 atom stereocenters. The van der Waals surface area contributed by atoms with Gasteiger partial charge in [0.2, 0.25) is 0 Å². The third-order valence-electron chi connectivity index (χ3n) is 4.11. The minimum absolute atomic E-state index is 0.246. The summed E-state index contributed by atoms with van der Waals surface area (Å²) in [6.45, 7) is 3.59. The van der Waals surface area contributed by atoms with Crippen molar-refractivity contribution in [2.24, 2.45) is 0 Å². The van der Waals surface area contributed by atoms with E-state index in [2.05, 4.69) is 20.9 Å². The second-order valence-electron chi connectivity index (χ2n) is 6.08. The topological polar surface area (TPSA) is 69.3 Å². The number of hydrogen-bond acceptors (Lipinski definition) is 6. The van der Waals surface area contributed by atoms with E-state index in [0.717, 1.165) is 45.4 Å². The van der Waals surface area contributed by atoms with Crippen molar-refractivity contribution in [1.29, 1.82) is 0 Å². The molecule has 0 saturated carbocycles. The van der Waals surface area contributed by atoms with Gasteiger partial charge in [0.05, 0.1) is 23.3 Å². The number of nitrogens with one attached hydrogen (secondary N) is 1. The summed E-state index contributed by atoms with van der Waals surface area (Å²) in [7, 11) is 1.69. The van der Waals surface area contributed by atoms with Crippen LogP contribution in [-0.4, -0.2) is 41.9 Å². The van der Waals surface area contributed by atoms with Crippen molar-refractivity contribution in [1.82, 2.24) is 15.0 Å². The van der Waals surface area contributed by atoms with Crippen molar-refractivity contribution in [2.75, 3.05) is 26.9 Å². The number of aromatic nitrogens is 3. The molecule has 0 spiro atoms. The number of benzene rings is 1. The highest BCUT2D eigenvalue weighted by molar-refractivity contribution is 7.98. The number of pyridine rings is 1. The smallest absolute Gasteiger partial charge is 0.166 e. The first-order valence-corrected chi connectivity index (χ1v) is 9.95. The zero-order chi connectivity index (χ0) is 19.8. The molecule has 0 aliphatic carbocycles. The maximum absolute atomic E-state index is 5.84. The van der Waals surface area contributed by atoms with Gasteiger partial charge in [0.15, 0.2) is 5.16 Å². The molecule has 1 N–H and O–H groups in total. The summed E-state index contributed by atoms with van der Waals surface area (Å²) < 4.78 is 16.4. The van der Waals surface area contributed by atoms with Crippen LogP contribution in [-0.2, 0) is 10.5 Å². The molecule has 2 aromatic heterocycles. The molecule has 0 fully saturated rings. The molecule has 0 radical (unpaired) electrons. The summed E-state index contributed by atoms with van der Waals surface area (Å²) in [6.07, 6.45) is 7.87. The molecule has 0 unspecified atom stereocenters. The van der Waals surface area contributed by atoms with Crippen LogP contribution in [0, 0.1) is 19.3 Å². The summed E-state index contributed by atoms with van der Waals surface area (Å²) in [5.74, 6) is 4.74. The second-order valence-corrected chi connectivity index (χ2v) is 7.04. The fourth-order valence-electron chi connectivity index (χ4n) is 2.63. The van der Waals surface area contributed by atoms with E-state index in [9.17, 15) is 0 Å². The maximum Gasteiger partial charge on any atom is 0.166 e. The van der Waals surface area contributed by atoms with Crippen molar-refractivity contribution >= 4 is 22.8 Å². The molecule has 146 valence electrons. The molecule has 3 rings (SSSR count). The van der Waals surface area contributed by atoms with Crippen molar-refractivity contribution in [3.8, 4) is 23.8 Å². The van der Waals surface area contributed by atoms with Gasteiger partial charge in [-0.25, -0.2) is 4.98 Å². The zero-order valence-corrected chi connectivity index (χ0v) is 16.8. The normalized spacial score (nSPS) is 10.8. The molecule has 0 saturated heterocycles. The van der Waals surface area contributed by atoms with Crippen molar-refractivity contribution < 1.29 is 14.2 Å². The van der Waals surface area contributed by atoms with Gasteiger partial charge < -0.3 is 19.2 Å². The Balaban J connectivity index is 1.64. The Bertz CT molecular complexity index is 965. The Morgan fingerprint density at radius 2 is 2.11 bits per heavy atom. The summed E-state index contributed by atoms with van der Waals surface area (Å²) in [4.78, 5) is 12.4. The van der Waals surface area contributed by atoms with Gasteiger partial charge >= 0.3 is 0 Å². The lowest BCUT2D eigenvalue weighted by Gasteiger charge is -2.11. The predicted molar refractivity (Wildman–Crippen MR) is 111 cm³/mol. The number of fused-ring (bicyclic) bond motifs is 1. The molecule has 0 amide bonds. The van der Waals surface area contributed by atoms with Gasteiger partial charge in [-0.2, -0.15) is 0 Å². The molecule has 3 aromatic rings. The Morgan fingerprint density at radius 1 is 1.21 bits per heavy atom. The Labute approximate surface area is 169 Å². The molecular formula is C21H23N3O3S. The standard InChI is InChI=1S/C21H23N3O3S/c1-4-10-26-16-6-7-17-18(13-16)24-21(23-17)28-14-19-15(2)20(8-9-22-19)27-12-5-11-25-3/h1,6-9,13H,5,10-12,14H2,2-3H3,(H,23,24). The third kappa shape index (κ3) is 5.18. The molecular weight excluding hydrogens is 374 g/mol. The van der Waals surface area contributed by atoms with Crippen LogP contribution in [0.5, 0.6) is 11.5 Å². The highest BCUT2D eigenvalue weighted by atomic mass is 32.2. The van der Waals surface area contributed by atoms with Crippen LogP contribution in [0.4, 0.5) is 0 Å².